The second-order valence-electron chi connectivity index (χ2n) is 7.62. The van der Waals surface area contributed by atoms with Crippen molar-refractivity contribution in [2.45, 2.75) is 13.1 Å². The quantitative estimate of drug-likeness (QED) is 0.322. The van der Waals surface area contributed by atoms with Crippen molar-refractivity contribution < 1.29 is 35.1 Å². The molecule has 1 aromatic heterocycles. The molecule has 6 nitrogen and oxygen atoms in total. The number of hydrogen-bond donors (Lipinski definition) is 1. The van der Waals surface area contributed by atoms with Gasteiger partial charge in [0.15, 0.2) is 17.3 Å². The molecule has 0 aliphatic heterocycles. The first kappa shape index (κ1) is 25.2. The standard InChI is InChI=1S/C24H17F5N2O4S/c1-2-36(33,34)30-15-8-10-22(35-21-9-7-14(25)11-18(21)26)20(12-15)31-13-17(24(27,28)29)23(32)16-5-3-4-6-19(16)31/h3-13,30H,2H2,1H3. The Morgan fingerprint density at radius 2 is 1.67 bits per heavy atom. The molecule has 4 aromatic rings. The van der Waals surface area contributed by atoms with Crippen LogP contribution in [0.2, 0.25) is 0 Å². The zero-order valence-electron chi connectivity index (χ0n) is 18.4. The van der Waals surface area contributed by atoms with E-state index < -0.39 is 44.6 Å². The number of hydrogen-bond acceptors (Lipinski definition) is 4. The molecular weight excluding hydrogens is 507 g/mol. The highest BCUT2D eigenvalue weighted by molar-refractivity contribution is 7.92. The predicted octanol–water partition coefficient (Wildman–Crippen LogP) is 5.84. The predicted molar refractivity (Wildman–Crippen MR) is 124 cm³/mol. The summed E-state index contributed by atoms with van der Waals surface area (Å²) in [6, 6.07) is 11.6. The average molecular weight is 524 g/mol. The summed E-state index contributed by atoms with van der Waals surface area (Å²) in [5.41, 5.74) is -2.83. The van der Waals surface area contributed by atoms with E-state index in [1.54, 1.807) is 0 Å². The number of anilines is 1. The fraction of sp³-hybridized carbons (Fsp3) is 0.125. The Kier molecular flexibility index (Phi) is 6.48. The van der Waals surface area contributed by atoms with Crippen molar-refractivity contribution in [3.8, 4) is 17.2 Å². The average Bonchev–Trinajstić information content (AvgIpc) is 2.81. The lowest BCUT2D eigenvalue weighted by molar-refractivity contribution is -0.138. The summed E-state index contributed by atoms with van der Waals surface area (Å²) in [4.78, 5) is 12.6. The number of halogens is 5. The van der Waals surface area contributed by atoms with Gasteiger partial charge >= 0.3 is 6.18 Å². The fourth-order valence-corrected chi connectivity index (χ4v) is 4.09. The Morgan fingerprint density at radius 3 is 2.33 bits per heavy atom. The van der Waals surface area contributed by atoms with Crippen molar-refractivity contribution in [2.24, 2.45) is 0 Å². The first-order chi connectivity index (χ1) is 16.9. The van der Waals surface area contributed by atoms with Crippen LogP contribution in [0.3, 0.4) is 0 Å². The number of rotatable bonds is 6. The van der Waals surface area contributed by atoms with Gasteiger partial charge in [0.2, 0.25) is 15.5 Å². The zero-order chi connectivity index (χ0) is 26.3. The first-order valence-corrected chi connectivity index (χ1v) is 12.0. The van der Waals surface area contributed by atoms with Crippen molar-refractivity contribution in [3.63, 3.8) is 0 Å². The van der Waals surface area contributed by atoms with E-state index in [2.05, 4.69) is 4.72 Å². The lowest BCUT2D eigenvalue weighted by Crippen LogP contribution is -2.22. The number of nitrogens with one attached hydrogen (secondary N) is 1. The Hall–Kier alpha value is -3.93. The third-order valence-corrected chi connectivity index (χ3v) is 6.51. The molecule has 0 spiro atoms. The number of para-hydroxylation sites is 1. The number of nitrogens with zero attached hydrogens (tertiary/aromatic N) is 1. The lowest BCUT2D eigenvalue weighted by atomic mass is 10.1. The summed E-state index contributed by atoms with van der Waals surface area (Å²) in [5, 5.41) is -0.259. The summed E-state index contributed by atoms with van der Waals surface area (Å²) in [6.07, 6.45) is -4.44. The van der Waals surface area contributed by atoms with E-state index in [9.17, 15) is 35.2 Å². The number of benzene rings is 3. The van der Waals surface area contributed by atoms with Crippen LogP contribution in [-0.4, -0.2) is 18.7 Å². The van der Waals surface area contributed by atoms with Gasteiger partial charge in [-0.15, -0.1) is 0 Å². The molecule has 0 saturated heterocycles. The molecule has 0 fully saturated rings. The van der Waals surface area contributed by atoms with Crippen LogP contribution in [0.5, 0.6) is 11.5 Å². The molecule has 0 unspecified atom stereocenters. The third-order valence-electron chi connectivity index (χ3n) is 5.20. The highest BCUT2D eigenvalue weighted by Gasteiger charge is 2.35. The van der Waals surface area contributed by atoms with E-state index in [0.717, 1.165) is 16.7 Å². The molecular formula is C24H17F5N2O4S. The second-order valence-corrected chi connectivity index (χ2v) is 9.63. The summed E-state index contributed by atoms with van der Waals surface area (Å²) in [6.45, 7) is 1.39. The van der Waals surface area contributed by atoms with Gasteiger partial charge in [-0.3, -0.25) is 9.52 Å². The Labute approximate surface area is 201 Å². The molecule has 0 bridgehead atoms. The molecule has 0 saturated carbocycles. The Balaban J connectivity index is 2.02. The van der Waals surface area contributed by atoms with E-state index in [4.69, 9.17) is 4.74 Å². The van der Waals surface area contributed by atoms with Crippen LogP contribution in [-0.2, 0) is 16.2 Å². The molecule has 0 aliphatic rings. The van der Waals surface area contributed by atoms with E-state index in [0.29, 0.717) is 12.3 Å². The van der Waals surface area contributed by atoms with Gasteiger partial charge in [0.05, 0.1) is 22.6 Å². The van der Waals surface area contributed by atoms with E-state index >= 15 is 0 Å². The van der Waals surface area contributed by atoms with Crippen LogP contribution >= 0.6 is 0 Å². The topological polar surface area (TPSA) is 77.4 Å². The molecule has 188 valence electrons. The Bertz CT molecular complexity index is 1630. The van der Waals surface area contributed by atoms with Crippen LogP contribution < -0.4 is 14.9 Å². The van der Waals surface area contributed by atoms with Gasteiger partial charge in [-0.2, -0.15) is 13.2 Å². The number of fused-ring (bicyclic) bond motifs is 1. The lowest BCUT2D eigenvalue weighted by Gasteiger charge is -2.19. The van der Waals surface area contributed by atoms with Gasteiger partial charge in [0, 0.05) is 17.6 Å². The van der Waals surface area contributed by atoms with Crippen molar-refractivity contribution in [1.29, 1.82) is 0 Å². The van der Waals surface area contributed by atoms with Crippen molar-refractivity contribution in [2.75, 3.05) is 10.5 Å². The minimum atomic E-state index is -5.01. The molecule has 0 aliphatic carbocycles. The number of aromatic nitrogens is 1. The smallest absolute Gasteiger partial charge is 0.421 e. The van der Waals surface area contributed by atoms with Crippen LogP contribution in [0.1, 0.15) is 12.5 Å². The highest BCUT2D eigenvalue weighted by Crippen LogP contribution is 2.36. The number of pyridine rings is 1. The van der Waals surface area contributed by atoms with Crippen molar-refractivity contribution in [3.05, 3.63) is 94.3 Å². The second kappa shape index (κ2) is 9.26. The van der Waals surface area contributed by atoms with Gasteiger partial charge in [-0.25, -0.2) is 17.2 Å². The number of alkyl halides is 3. The zero-order valence-corrected chi connectivity index (χ0v) is 19.3. The summed E-state index contributed by atoms with van der Waals surface area (Å²) >= 11 is 0. The van der Waals surface area contributed by atoms with Crippen LogP contribution in [0.15, 0.2) is 71.7 Å². The minimum Gasteiger partial charge on any atom is -0.452 e. The maximum atomic E-state index is 14.3. The fourth-order valence-electron chi connectivity index (χ4n) is 3.46. The van der Waals surface area contributed by atoms with Gasteiger partial charge in [-0.05, 0) is 49.4 Å². The van der Waals surface area contributed by atoms with Crippen LogP contribution in [0.4, 0.5) is 27.6 Å². The van der Waals surface area contributed by atoms with Crippen LogP contribution in [0.25, 0.3) is 16.6 Å². The summed E-state index contributed by atoms with van der Waals surface area (Å²) in [7, 11) is -3.77. The molecule has 0 amide bonds. The minimum absolute atomic E-state index is 0.0184. The van der Waals surface area contributed by atoms with Gasteiger partial charge in [0.25, 0.3) is 0 Å². The highest BCUT2D eigenvalue weighted by atomic mass is 32.2. The van der Waals surface area contributed by atoms with Gasteiger partial charge in [0.1, 0.15) is 11.4 Å². The van der Waals surface area contributed by atoms with E-state index in [1.165, 1.54) is 49.4 Å². The monoisotopic (exact) mass is 524 g/mol. The molecule has 0 atom stereocenters. The summed E-state index contributed by atoms with van der Waals surface area (Å²) < 4.78 is 102. The van der Waals surface area contributed by atoms with E-state index in [-0.39, 0.29) is 33.8 Å². The molecule has 0 radical (unpaired) electrons. The van der Waals surface area contributed by atoms with E-state index in [1.807, 2.05) is 0 Å². The largest absolute Gasteiger partial charge is 0.452 e. The molecule has 3 aromatic carbocycles. The third kappa shape index (κ3) is 5.03. The maximum Gasteiger partial charge on any atom is 0.421 e. The molecule has 36 heavy (non-hydrogen) atoms. The van der Waals surface area contributed by atoms with Gasteiger partial charge in [-0.1, -0.05) is 12.1 Å². The molecule has 4 rings (SSSR count). The Morgan fingerprint density at radius 1 is 0.972 bits per heavy atom. The first-order valence-electron chi connectivity index (χ1n) is 10.4. The van der Waals surface area contributed by atoms with Crippen molar-refractivity contribution >= 4 is 26.6 Å². The molecule has 1 N–H and O–H groups in total. The maximum absolute atomic E-state index is 14.3. The SMILES string of the molecule is CCS(=O)(=O)Nc1ccc(Oc2ccc(F)cc2F)c(-n2cc(C(F)(F)F)c(=O)c3ccccc32)c1. The van der Waals surface area contributed by atoms with Crippen LogP contribution in [0, 0.1) is 11.6 Å². The summed E-state index contributed by atoms with van der Waals surface area (Å²) in [5.74, 6) is -2.84. The molecule has 12 heteroatoms. The van der Waals surface area contributed by atoms with Gasteiger partial charge < -0.3 is 9.30 Å². The number of ether oxygens (including phenoxy) is 1. The normalized spacial score (nSPS) is 12.1. The molecule has 1 heterocycles. The number of sulfonamides is 1. The van der Waals surface area contributed by atoms with Crippen molar-refractivity contribution in [1.82, 2.24) is 4.57 Å².